The third-order valence-electron chi connectivity index (χ3n) is 4.85. The van der Waals surface area contributed by atoms with Gasteiger partial charge in [0, 0.05) is 35.5 Å². The fourth-order valence-electron chi connectivity index (χ4n) is 2.92. The molecule has 3 aromatic heterocycles. The van der Waals surface area contributed by atoms with Crippen molar-refractivity contribution in [2.45, 2.75) is 25.4 Å². The number of aromatic nitrogens is 6. The van der Waals surface area contributed by atoms with E-state index in [0.717, 1.165) is 0 Å². The summed E-state index contributed by atoms with van der Waals surface area (Å²) < 4.78 is 55.4. The van der Waals surface area contributed by atoms with E-state index in [1.54, 1.807) is 12.1 Å². The molecular formula is C21H17F4N7O2. The molecule has 0 saturated heterocycles. The van der Waals surface area contributed by atoms with Gasteiger partial charge in [-0.3, -0.25) is 14.9 Å². The summed E-state index contributed by atoms with van der Waals surface area (Å²) in [6.45, 7) is 3.80. The molecule has 0 spiro atoms. The molecule has 0 saturated carbocycles. The highest BCUT2D eigenvalue weighted by molar-refractivity contribution is 5.94. The van der Waals surface area contributed by atoms with E-state index in [9.17, 15) is 22.4 Å². The predicted molar refractivity (Wildman–Crippen MR) is 110 cm³/mol. The molecule has 0 fully saturated rings. The van der Waals surface area contributed by atoms with E-state index < -0.39 is 23.4 Å². The highest BCUT2D eigenvalue weighted by atomic mass is 19.4. The van der Waals surface area contributed by atoms with Crippen molar-refractivity contribution in [2.75, 3.05) is 6.54 Å². The Bertz CT molecular complexity index is 1310. The molecule has 2 N–H and O–H groups in total. The molecule has 4 rings (SSSR count). The number of amides is 1. The van der Waals surface area contributed by atoms with Crippen LogP contribution in [0, 0.1) is 5.82 Å². The number of hydrogen-bond acceptors (Lipinski definition) is 7. The van der Waals surface area contributed by atoms with Crippen molar-refractivity contribution in [3.05, 3.63) is 65.8 Å². The van der Waals surface area contributed by atoms with Gasteiger partial charge in [0.05, 0.1) is 5.56 Å². The molecule has 4 aromatic rings. The van der Waals surface area contributed by atoms with Crippen molar-refractivity contribution >= 4 is 5.91 Å². The van der Waals surface area contributed by atoms with Crippen molar-refractivity contribution < 1.29 is 26.9 Å². The first kappa shape index (κ1) is 23.0. The van der Waals surface area contributed by atoms with Crippen LogP contribution in [-0.4, -0.2) is 42.8 Å². The van der Waals surface area contributed by atoms with Crippen molar-refractivity contribution in [2.24, 2.45) is 0 Å². The number of H-pyrrole nitrogens is 1. The summed E-state index contributed by atoms with van der Waals surface area (Å²) in [4.78, 5) is 24.3. The molecule has 0 radical (unpaired) electrons. The van der Waals surface area contributed by atoms with Crippen LogP contribution < -0.4 is 5.32 Å². The fraction of sp³-hybridized carbons (Fsp3) is 0.238. The third kappa shape index (κ3) is 4.92. The number of pyridine rings is 1. The highest BCUT2D eigenvalue weighted by Gasteiger charge is 2.38. The summed E-state index contributed by atoms with van der Waals surface area (Å²) >= 11 is 0. The molecule has 3 heterocycles. The van der Waals surface area contributed by atoms with Gasteiger partial charge in [0.25, 0.3) is 5.91 Å². The van der Waals surface area contributed by atoms with E-state index in [2.05, 4.69) is 40.1 Å². The number of carbonyl (C=O) groups excluding carboxylic acids is 1. The number of alkyl halides is 3. The van der Waals surface area contributed by atoms with Gasteiger partial charge in [0.2, 0.25) is 5.82 Å². The molecule has 176 valence electrons. The van der Waals surface area contributed by atoms with E-state index in [1.807, 2.05) is 13.8 Å². The van der Waals surface area contributed by atoms with Crippen molar-refractivity contribution in [3.63, 3.8) is 0 Å². The van der Waals surface area contributed by atoms with Gasteiger partial charge in [-0.2, -0.15) is 23.3 Å². The minimum Gasteiger partial charge on any atom is -0.351 e. The van der Waals surface area contributed by atoms with Gasteiger partial charge in [0.15, 0.2) is 5.82 Å². The van der Waals surface area contributed by atoms with E-state index >= 15 is 0 Å². The number of nitrogens with one attached hydrogen (secondary N) is 2. The topological polar surface area (TPSA) is 122 Å². The van der Waals surface area contributed by atoms with Crippen LogP contribution in [-0.2, 0) is 11.6 Å². The average Bonchev–Trinajstić information content (AvgIpc) is 3.49. The quantitative estimate of drug-likeness (QED) is 0.407. The van der Waals surface area contributed by atoms with E-state index in [4.69, 9.17) is 0 Å². The van der Waals surface area contributed by atoms with E-state index in [-0.39, 0.29) is 29.3 Å². The van der Waals surface area contributed by atoms with Gasteiger partial charge in [-0.05, 0) is 30.3 Å². The van der Waals surface area contributed by atoms with Gasteiger partial charge >= 0.3 is 12.1 Å². The van der Waals surface area contributed by atoms with Crippen molar-refractivity contribution in [1.29, 1.82) is 0 Å². The van der Waals surface area contributed by atoms with Gasteiger partial charge in [0.1, 0.15) is 11.6 Å². The lowest BCUT2D eigenvalue weighted by molar-refractivity contribution is -0.159. The molecule has 1 aromatic carbocycles. The van der Waals surface area contributed by atoms with Gasteiger partial charge in [-0.25, -0.2) is 9.37 Å². The normalized spacial score (nSPS) is 12.1. The van der Waals surface area contributed by atoms with Crippen LogP contribution in [0.5, 0.6) is 0 Å². The largest absolute Gasteiger partial charge is 0.471 e. The molecule has 0 bridgehead atoms. The zero-order valence-electron chi connectivity index (χ0n) is 17.8. The Labute approximate surface area is 189 Å². The van der Waals surface area contributed by atoms with E-state index in [0.29, 0.717) is 17.2 Å². The maximum atomic E-state index is 13.1. The molecule has 0 unspecified atom stereocenters. The Morgan fingerprint density at radius 1 is 1.06 bits per heavy atom. The number of hydrogen-bond donors (Lipinski definition) is 2. The maximum absolute atomic E-state index is 13.1. The smallest absolute Gasteiger partial charge is 0.351 e. The van der Waals surface area contributed by atoms with Crippen LogP contribution in [0.4, 0.5) is 17.6 Å². The maximum Gasteiger partial charge on any atom is 0.471 e. The molecule has 13 heteroatoms. The molecule has 34 heavy (non-hydrogen) atoms. The Morgan fingerprint density at radius 2 is 1.79 bits per heavy atom. The second-order valence-corrected chi connectivity index (χ2v) is 7.96. The zero-order valence-corrected chi connectivity index (χ0v) is 17.8. The van der Waals surface area contributed by atoms with Crippen LogP contribution in [0.1, 0.15) is 35.9 Å². The lowest BCUT2D eigenvalue weighted by atomic mass is 9.92. The Morgan fingerprint density at radius 3 is 2.47 bits per heavy atom. The molecule has 0 aliphatic carbocycles. The lowest BCUT2D eigenvalue weighted by Crippen LogP contribution is -2.37. The molecule has 0 aliphatic heterocycles. The average molecular weight is 475 g/mol. The summed E-state index contributed by atoms with van der Waals surface area (Å²) in [6.07, 6.45) is -2.30. The van der Waals surface area contributed by atoms with Crippen LogP contribution >= 0.6 is 0 Å². The molecular weight excluding hydrogens is 458 g/mol. The zero-order chi connectivity index (χ0) is 24.5. The summed E-state index contributed by atoms with van der Waals surface area (Å²) in [5, 5.41) is 13.0. The fourth-order valence-corrected chi connectivity index (χ4v) is 2.92. The second-order valence-electron chi connectivity index (χ2n) is 7.96. The Kier molecular flexibility index (Phi) is 5.85. The molecule has 0 aliphatic rings. The van der Waals surface area contributed by atoms with Crippen LogP contribution in [0.25, 0.3) is 22.8 Å². The standard InChI is InChI=1S/C21H17F4N7O2/c1-20(2,18-28-15(30-31-18)11-3-5-14(22)6-4-11)10-27-17(33)13-7-12(8-26-9-13)16-29-19(34-32-16)21(23,24)25/h3-9H,10H2,1-2H3,(H,27,33)(H,28,30,31). The van der Waals surface area contributed by atoms with Crippen molar-refractivity contribution in [3.8, 4) is 22.8 Å². The first-order valence-corrected chi connectivity index (χ1v) is 9.86. The lowest BCUT2D eigenvalue weighted by Gasteiger charge is -2.22. The molecule has 1 amide bonds. The molecule has 9 nitrogen and oxygen atoms in total. The minimum atomic E-state index is -4.78. The van der Waals surface area contributed by atoms with Crippen LogP contribution in [0.2, 0.25) is 0 Å². The predicted octanol–water partition coefficient (Wildman–Crippen LogP) is 3.78. The molecule has 0 atom stereocenters. The van der Waals surface area contributed by atoms with Gasteiger partial charge in [-0.15, -0.1) is 0 Å². The van der Waals surface area contributed by atoms with Gasteiger partial charge in [-0.1, -0.05) is 19.0 Å². The summed E-state index contributed by atoms with van der Waals surface area (Å²) in [7, 11) is 0. The number of benzene rings is 1. The third-order valence-corrected chi connectivity index (χ3v) is 4.85. The van der Waals surface area contributed by atoms with E-state index in [1.165, 1.54) is 30.6 Å². The minimum absolute atomic E-state index is 0.0883. The first-order chi connectivity index (χ1) is 16.0. The second kappa shape index (κ2) is 8.65. The van der Waals surface area contributed by atoms with Gasteiger partial charge < -0.3 is 9.84 Å². The first-order valence-electron chi connectivity index (χ1n) is 9.86. The SMILES string of the molecule is CC(C)(CNC(=O)c1cncc(-c2noc(C(F)(F)F)n2)c1)c1nc(-c2ccc(F)cc2)n[nH]1. The van der Waals surface area contributed by atoms with Crippen LogP contribution in [0.3, 0.4) is 0 Å². The number of carbonyl (C=O) groups is 1. The number of nitrogens with zero attached hydrogens (tertiary/aromatic N) is 5. The number of halogens is 4. The van der Waals surface area contributed by atoms with Crippen LogP contribution in [0.15, 0.2) is 47.2 Å². The Balaban J connectivity index is 1.45. The Hall–Kier alpha value is -4.16. The highest BCUT2D eigenvalue weighted by Crippen LogP contribution is 2.29. The van der Waals surface area contributed by atoms with Crippen molar-refractivity contribution in [1.82, 2.24) is 35.6 Å². The summed E-state index contributed by atoms with van der Waals surface area (Å²) in [5.41, 5.74) is 0.143. The summed E-state index contributed by atoms with van der Waals surface area (Å²) in [6, 6.07) is 7.02. The number of rotatable bonds is 6. The summed E-state index contributed by atoms with van der Waals surface area (Å²) in [5.74, 6) is -1.85. The number of aromatic amines is 1. The monoisotopic (exact) mass is 475 g/mol.